The molecule has 0 saturated heterocycles. The number of carbonyl (C=O) groups is 1. The number of carbonyl (C=O) groups excluding carboxylic acids is 1. The van der Waals surface area contributed by atoms with E-state index in [1.54, 1.807) is 11.8 Å². The zero-order valence-corrected chi connectivity index (χ0v) is 14.0. The number of hydrogen-bond donors (Lipinski definition) is 3. The first kappa shape index (κ1) is 16.9. The highest BCUT2D eigenvalue weighted by molar-refractivity contribution is 7.98. The molecule has 3 N–H and O–H groups in total. The van der Waals surface area contributed by atoms with Crippen molar-refractivity contribution >= 4 is 28.6 Å². The number of H-pyrrole nitrogens is 1. The van der Waals surface area contributed by atoms with E-state index >= 15 is 0 Å². The van der Waals surface area contributed by atoms with E-state index in [9.17, 15) is 4.79 Å². The third-order valence-corrected chi connectivity index (χ3v) is 4.49. The molecule has 0 saturated carbocycles. The van der Waals surface area contributed by atoms with Crippen molar-refractivity contribution in [2.75, 3.05) is 18.6 Å². The van der Waals surface area contributed by atoms with Crippen molar-refractivity contribution in [3.8, 4) is 0 Å². The summed E-state index contributed by atoms with van der Waals surface area (Å²) in [4.78, 5) is 15.3. The molecule has 0 aliphatic heterocycles. The van der Waals surface area contributed by atoms with Crippen LogP contribution in [0.5, 0.6) is 0 Å². The van der Waals surface area contributed by atoms with E-state index in [-0.39, 0.29) is 18.6 Å². The molecule has 0 aliphatic carbocycles. The van der Waals surface area contributed by atoms with Crippen molar-refractivity contribution in [3.63, 3.8) is 0 Å². The summed E-state index contributed by atoms with van der Waals surface area (Å²) in [5.74, 6) is 0.882. The average molecular weight is 320 g/mol. The van der Waals surface area contributed by atoms with Gasteiger partial charge in [-0.3, -0.25) is 4.79 Å². The van der Waals surface area contributed by atoms with Crippen LogP contribution >= 0.6 is 11.8 Å². The minimum Gasteiger partial charge on any atom is -0.396 e. The topological polar surface area (TPSA) is 65.1 Å². The van der Waals surface area contributed by atoms with Crippen LogP contribution in [0.25, 0.3) is 10.9 Å². The summed E-state index contributed by atoms with van der Waals surface area (Å²) in [7, 11) is 0. The van der Waals surface area contributed by atoms with Crippen LogP contribution in [0.3, 0.4) is 0 Å². The van der Waals surface area contributed by atoms with Crippen LogP contribution < -0.4 is 5.32 Å². The van der Waals surface area contributed by atoms with Crippen molar-refractivity contribution < 1.29 is 9.90 Å². The smallest absolute Gasteiger partial charge is 0.220 e. The molecule has 0 aliphatic rings. The summed E-state index contributed by atoms with van der Waals surface area (Å²) in [6.45, 7) is 2.18. The van der Waals surface area contributed by atoms with Gasteiger partial charge in [-0.1, -0.05) is 11.6 Å². The van der Waals surface area contributed by atoms with Crippen LogP contribution in [-0.2, 0) is 11.2 Å². The van der Waals surface area contributed by atoms with Gasteiger partial charge in [0.1, 0.15) is 0 Å². The van der Waals surface area contributed by atoms with Gasteiger partial charge in [0.25, 0.3) is 0 Å². The normalized spacial score (nSPS) is 12.5. The number of fused-ring (bicyclic) bond motifs is 1. The number of benzene rings is 1. The first-order valence-electron chi connectivity index (χ1n) is 7.59. The summed E-state index contributed by atoms with van der Waals surface area (Å²) >= 11 is 1.68. The van der Waals surface area contributed by atoms with Crippen LogP contribution in [-0.4, -0.2) is 40.7 Å². The molecule has 2 aromatic rings. The quantitative estimate of drug-likeness (QED) is 0.700. The number of aryl methyl sites for hydroxylation is 2. The van der Waals surface area contributed by atoms with Gasteiger partial charge in [-0.25, -0.2) is 0 Å². The van der Waals surface area contributed by atoms with Gasteiger partial charge >= 0.3 is 0 Å². The first-order chi connectivity index (χ1) is 10.6. The van der Waals surface area contributed by atoms with Crippen molar-refractivity contribution in [2.24, 2.45) is 0 Å². The zero-order valence-electron chi connectivity index (χ0n) is 13.2. The lowest BCUT2D eigenvalue weighted by molar-refractivity contribution is -0.121. The SMILES string of the molecule is CSCC(CCO)NC(=O)CCc1c[nH]c2ccc(C)cc12. The number of rotatable bonds is 8. The van der Waals surface area contributed by atoms with E-state index in [2.05, 4.69) is 35.4 Å². The third-order valence-electron chi connectivity index (χ3n) is 3.75. The molecule has 5 heteroatoms. The molecule has 1 unspecified atom stereocenters. The van der Waals surface area contributed by atoms with Gasteiger partial charge in [0.2, 0.25) is 5.91 Å². The maximum absolute atomic E-state index is 12.1. The molecule has 1 atom stereocenters. The Morgan fingerprint density at radius 1 is 1.45 bits per heavy atom. The molecule has 0 spiro atoms. The molecule has 120 valence electrons. The minimum absolute atomic E-state index is 0.0505. The van der Waals surface area contributed by atoms with Gasteiger partial charge in [-0.05, 0) is 43.7 Å². The lowest BCUT2D eigenvalue weighted by Crippen LogP contribution is -2.37. The molecule has 1 amide bonds. The van der Waals surface area contributed by atoms with E-state index in [4.69, 9.17) is 5.11 Å². The highest BCUT2D eigenvalue weighted by Gasteiger charge is 2.12. The molecule has 22 heavy (non-hydrogen) atoms. The van der Waals surface area contributed by atoms with E-state index in [0.717, 1.165) is 17.7 Å². The second kappa shape index (κ2) is 8.25. The summed E-state index contributed by atoms with van der Waals surface area (Å²) < 4.78 is 0. The number of aromatic amines is 1. The van der Waals surface area contributed by atoms with Gasteiger partial charge in [0.05, 0.1) is 0 Å². The molecule has 0 radical (unpaired) electrons. The van der Waals surface area contributed by atoms with Crippen LogP contribution in [0.4, 0.5) is 0 Å². The maximum Gasteiger partial charge on any atom is 0.220 e. The van der Waals surface area contributed by atoms with E-state index < -0.39 is 0 Å². The average Bonchev–Trinajstić information content (AvgIpc) is 2.88. The number of nitrogens with one attached hydrogen (secondary N) is 2. The molecular weight excluding hydrogens is 296 g/mol. The third kappa shape index (κ3) is 4.52. The highest BCUT2D eigenvalue weighted by Crippen LogP contribution is 2.20. The van der Waals surface area contributed by atoms with Crippen LogP contribution in [0, 0.1) is 6.92 Å². The van der Waals surface area contributed by atoms with Gasteiger partial charge in [-0.2, -0.15) is 11.8 Å². The zero-order chi connectivity index (χ0) is 15.9. The Labute approximate surface area is 135 Å². The Morgan fingerprint density at radius 3 is 3.00 bits per heavy atom. The van der Waals surface area contributed by atoms with Crippen molar-refractivity contribution in [2.45, 2.75) is 32.2 Å². The van der Waals surface area contributed by atoms with Gasteiger partial charge in [0, 0.05) is 41.9 Å². The number of aliphatic hydroxyl groups is 1. The molecular formula is C17H24N2O2S. The molecule has 1 heterocycles. The van der Waals surface area contributed by atoms with Gasteiger partial charge in [-0.15, -0.1) is 0 Å². The Balaban J connectivity index is 1.93. The Bertz CT molecular complexity index is 618. The van der Waals surface area contributed by atoms with Crippen LogP contribution in [0.15, 0.2) is 24.4 Å². The second-order valence-electron chi connectivity index (χ2n) is 5.60. The molecule has 0 fully saturated rings. The number of aromatic nitrogens is 1. The lowest BCUT2D eigenvalue weighted by atomic mass is 10.1. The molecule has 0 bridgehead atoms. The monoisotopic (exact) mass is 320 g/mol. The number of amides is 1. The molecule has 2 rings (SSSR count). The standard InChI is InChI=1S/C17H24N2O2S/c1-12-3-5-16-15(9-12)13(10-18-16)4-6-17(21)19-14(7-8-20)11-22-2/h3,5,9-10,14,18,20H,4,6-8,11H2,1-2H3,(H,19,21). The van der Waals surface area contributed by atoms with Crippen LogP contribution in [0.1, 0.15) is 24.0 Å². The minimum atomic E-state index is 0.0505. The van der Waals surface area contributed by atoms with Crippen LogP contribution in [0.2, 0.25) is 0 Å². The first-order valence-corrected chi connectivity index (χ1v) is 8.99. The maximum atomic E-state index is 12.1. The summed E-state index contributed by atoms with van der Waals surface area (Å²) in [5, 5.41) is 13.2. The molecule has 1 aromatic heterocycles. The van der Waals surface area contributed by atoms with Crippen molar-refractivity contribution in [1.29, 1.82) is 0 Å². The molecule has 1 aromatic carbocycles. The Morgan fingerprint density at radius 2 is 2.27 bits per heavy atom. The van der Waals surface area contributed by atoms with Gasteiger partial charge in [0.15, 0.2) is 0 Å². The van der Waals surface area contributed by atoms with Gasteiger partial charge < -0.3 is 15.4 Å². The fourth-order valence-corrected chi connectivity index (χ4v) is 3.25. The van der Waals surface area contributed by atoms with E-state index in [1.807, 2.05) is 12.5 Å². The van der Waals surface area contributed by atoms with E-state index in [0.29, 0.717) is 12.8 Å². The summed E-state index contributed by atoms with van der Waals surface area (Å²) in [6, 6.07) is 6.36. The Kier molecular flexibility index (Phi) is 6.34. The lowest BCUT2D eigenvalue weighted by Gasteiger charge is -2.16. The van der Waals surface area contributed by atoms with Crippen molar-refractivity contribution in [1.82, 2.24) is 10.3 Å². The fraction of sp³-hybridized carbons (Fsp3) is 0.471. The predicted octanol–water partition coefficient (Wildman–Crippen LogP) is 2.64. The summed E-state index contributed by atoms with van der Waals surface area (Å²) in [5.41, 5.74) is 3.51. The summed E-state index contributed by atoms with van der Waals surface area (Å²) in [6.07, 6.45) is 5.80. The number of thioether (sulfide) groups is 1. The second-order valence-corrected chi connectivity index (χ2v) is 6.51. The van der Waals surface area contributed by atoms with Crippen molar-refractivity contribution in [3.05, 3.63) is 35.5 Å². The largest absolute Gasteiger partial charge is 0.396 e. The Hall–Kier alpha value is -1.46. The van der Waals surface area contributed by atoms with E-state index in [1.165, 1.54) is 16.5 Å². The molecule has 4 nitrogen and oxygen atoms in total. The highest BCUT2D eigenvalue weighted by atomic mass is 32.2. The number of aliphatic hydroxyl groups excluding tert-OH is 1. The number of hydrogen-bond acceptors (Lipinski definition) is 3. The fourth-order valence-electron chi connectivity index (χ4n) is 2.60. The predicted molar refractivity (Wildman–Crippen MR) is 93.4 cm³/mol.